The van der Waals surface area contributed by atoms with Crippen molar-refractivity contribution in [1.29, 1.82) is 0 Å². The van der Waals surface area contributed by atoms with Gasteiger partial charge in [0.2, 0.25) is 10.0 Å². The van der Waals surface area contributed by atoms with E-state index < -0.39 is 21.8 Å². The molecule has 2 aromatic carbocycles. The minimum atomic E-state index is -3.87. The fourth-order valence-corrected chi connectivity index (χ4v) is 3.85. The summed E-state index contributed by atoms with van der Waals surface area (Å²) in [6.45, 7) is 1.86. The molecule has 6 nitrogen and oxygen atoms in total. The molecule has 2 rings (SSSR count). The topological polar surface area (TPSA) is 72.9 Å². The van der Waals surface area contributed by atoms with Crippen molar-refractivity contribution in [2.24, 2.45) is 0 Å². The van der Waals surface area contributed by atoms with Crippen molar-refractivity contribution in [3.05, 3.63) is 59.9 Å². The van der Waals surface area contributed by atoms with Crippen molar-refractivity contribution in [2.75, 3.05) is 20.3 Å². The van der Waals surface area contributed by atoms with Crippen LogP contribution < -0.4 is 4.74 Å². The number of esters is 1. The summed E-state index contributed by atoms with van der Waals surface area (Å²) in [5.41, 5.74) is 0.609. The Morgan fingerprint density at radius 2 is 1.70 bits per heavy atom. The first-order valence-electron chi connectivity index (χ1n) is 8.41. The summed E-state index contributed by atoms with van der Waals surface area (Å²) in [6, 6.07) is 11.5. The minimum absolute atomic E-state index is 0.00798. The number of carbonyl (C=O) groups is 1. The number of ether oxygens (including phenoxy) is 2. The fraction of sp³-hybridized carbons (Fsp3) is 0.316. The van der Waals surface area contributed by atoms with Crippen LogP contribution in [0.5, 0.6) is 5.75 Å². The van der Waals surface area contributed by atoms with Crippen LogP contribution in [0.1, 0.15) is 18.9 Å². The zero-order valence-corrected chi connectivity index (χ0v) is 16.0. The molecule has 0 unspecified atom stereocenters. The molecule has 0 N–H and O–H groups in total. The number of hydrogen-bond acceptors (Lipinski definition) is 5. The van der Waals surface area contributed by atoms with Crippen molar-refractivity contribution in [3.8, 4) is 5.75 Å². The molecule has 146 valence electrons. The van der Waals surface area contributed by atoms with Crippen LogP contribution in [0.15, 0.2) is 53.4 Å². The summed E-state index contributed by atoms with van der Waals surface area (Å²) in [5.74, 6) is -0.355. The summed E-state index contributed by atoms with van der Waals surface area (Å²) in [4.78, 5) is 11.8. The quantitative estimate of drug-likeness (QED) is 0.611. The molecule has 0 saturated heterocycles. The lowest BCUT2D eigenvalue weighted by Gasteiger charge is -2.22. The molecule has 0 atom stereocenters. The van der Waals surface area contributed by atoms with Gasteiger partial charge in [-0.25, -0.2) is 12.8 Å². The van der Waals surface area contributed by atoms with Crippen molar-refractivity contribution >= 4 is 16.0 Å². The Hall–Kier alpha value is -2.45. The van der Waals surface area contributed by atoms with Gasteiger partial charge in [-0.2, -0.15) is 4.31 Å². The summed E-state index contributed by atoms with van der Waals surface area (Å²) >= 11 is 0. The Kier molecular flexibility index (Phi) is 7.32. The van der Waals surface area contributed by atoms with Gasteiger partial charge in [0.05, 0.1) is 25.0 Å². The molecule has 0 radical (unpaired) electrons. The summed E-state index contributed by atoms with van der Waals surface area (Å²) in [5, 5.41) is 0. The molecule has 0 heterocycles. The third-order valence-electron chi connectivity index (χ3n) is 3.84. The molecule has 0 aliphatic heterocycles. The van der Waals surface area contributed by atoms with Crippen LogP contribution in [0.25, 0.3) is 0 Å². The van der Waals surface area contributed by atoms with Gasteiger partial charge in [-0.1, -0.05) is 12.1 Å². The zero-order chi connectivity index (χ0) is 19.9. The number of nitrogens with zero attached hydrogens (tertiary/aromatic N) is 1. The maximum atomic E-state index is 13.1. The monoisotopic (exact) mass is 395 g/mol. The largest absolute Gasteiger partial charge is 0.497 e. The molecule has 0 aliphatic rings. The van der Waals surface area contributed by atoms with Crippen LogP contribution in [-0.2, 0) is 26.1 Å². The van der Waals surface area contributed by atoms with Crippen LogP contribution in [0.3, 0.4) is 0 Å². The second kappa shape index (κ2) is 9.48. The minimum Gasteiger partial charge on any atom is -0.497 e. The predicted molar refractivity (Wildman–Crippen MR) is 98.2 cm³/mol. The number of halogens is 1. The van der Waals surface area contributed by atoms with E-state index in [0.29, 0.717) is 11.3 Å². The van der Waals surface area contributed by atoms with E-state index in [0.717, 1.165) is 0 Å². The first-order valence-corrected chi connectivity index (χ1v) is 9.85. The van der Waals surface area contributed by atoms with E-state index in [9.17, 15) is 17.6 Å². The average Bonchev–Trinajstić information content (AvgIpc) is 2.66. The summed E-state index contributed by atoms with van der Waals surface area (Å²) < 4.78 is 50.3. The zero-order valence-electron chi connectivity index (χ0n) is 15.2. The summed E-state index contributed by atoms with van der Waals surface area (Å²) in [7, 11) is -2.38. The molecule has 0 amide bonds. The van der Waals surface area contributed by atoms with E-state index in [2.05, 4.69) is 0 Å². The third kappa shape index (κ3) is 5.77. The second-order valence-electron chi connectivity index (χ2n) is 5.70. The Bertz CT molecular complexity index is 851. The van der Waals surface area contributed by atoms with Crippen LogP contribution in [0.2, 0.25) is 0 Å². The SMILES string of the molecule is CCOC(=O)CCN(Cc1ccc(F)cc1)S(=O)(=O)c1ccc(OC)cc1. The van der Waals surface area contributed by atoms with Gasteiger partial charge in [0.1, 0.15) is 11.6 Å². The first kappa shape index (κ1) is 20.9. The lowest BCUT2D eigenvalue weighted by Crippen LogP contribution is -2.33. The van der Waals surface area contributed by atoms with Gasteiger partial charge in [0.15, 0.2) is 0 Å². The van der Waals surface area contributed by atoms with Crippen LogP contribution in [0, 0.1) is 5.82 Å². The maximum Gasteiger partial charge on any atom is 0.307 e. The molecular weight excluding hydrogens is 373 g/mol. The Balaban J connectivity index is 2.27. The lowest BCUT2D eigenvalue weighted by molar-refractivity contribution is -0.143. The highest BCUT2D eigenvalue weighted by Crippen LogP contribution is 2.22. The van der Waals surface area contributed by atoms with Gasteiger partial charge in [-0.15, -0.1) is 0 Å². The highest BCUT2D eigenvalue weighted by atomic mass is 32.2. The molecule has 0 aromatic heterocycles. The van der Waals surface area contributed by atoms with Crippen molar-refractivity contribution in [2.45, 2.75) is 24.8 Å². The Morgan fingerprint density at radius 1 is 1.07 bits per heavy atom. The molecule has 8 heteroatoms. The highest BCUT2D eigenvalue weighted by molar-refractivity contribution is 7.89. The van der Waals surface area contributed by atoms with Gasteiger partial charge in [-0.05, 0) is 48.9 Å². The highest BCUT2D eigenvalue weighted by Gasteiger charge is 2.25. The third-order valence-corrected chi connectivity index (χ3v) is 5.70. The van der Waals surface area contributed by atoms with E-state index in [1.54, 1.807) is 19.1 Å². The lowest BCUT2D eigenvalue weighted by atomic mass is 10.2. The van der Waals surface area contributed by atoms with Crippen molar-refractivity contribution in [3.63, 3.8) is 0 Å². The first-order chi connectivity index (χ1) is 12.9. The summed E-state index contributed by atoms with van der Waals surface area (Å²) in [6.07, 6.45) is -0.0789. The van der Waals surface area contributed by atoms with Crippen molar-refractivity contribution in [1.82, 2.24) is 4.31 Å². The number of methoxy groups -OCH3 is 1. The molecule has 0 fully saturated rings. The Labute approximate surface area is 158 Å². The normalized spacial score (nSPS) is 11.4. The van der Waals surface area contributed by atoms with Gasteiger partial charge < -0.3 is 9.47 Å². The van der Waals surface area contributed by atoms with E-state index in [1.807, 2.05) is 0 Å². The van der Waals surface area contributed by atoms with Gasteiger partial charge in [0.25, 0.3) is 0 Å². The molecule has 0 spiro atoms. The Morgan fingerprint density at radius 3 is 2.26 bits per heavy atom. The van der Waals surface area contributed by atoms with Gasteiger partial charge >= 0.3 is 5.97 Å². The number of carbonyl (C=O) groups excluding carboxylic acids is 1. The average molecular weight is 395 g/mol. The van der Waals surface area contributed by atoms with Gasteiger partial charge in [-0.3, -0.25) is 4.79 Å². The molecule has 0 bridgehead atoms. The molecule has 0 aliphatic carbocycles. The number of rotatable bonds is 9. The standard InChI is InChI=1S/C19H22FNO5S/c1-3-26-19(22)12-13-21(14-15-4-6-16(20)7-5-15)27(23,24)18-10-8-17(25-2)9-11-18/h4-11H,3,12-14H2,1-2H3. The van der Waals surface area contributed by atoms with E-state index in [-0.39, 0.29) is 31.0 Å². The maximum absolute atomic E-state index is 13.1. The van der Waals surface area contributed by atoms with E-state index in [1.165, 1.54) is 47.8 Å². The fourth-order valence-electron chi connectivity index (χ4n) is 2.42. The van der Waals surface area contributed by atoms with Crippen LogP contribution >= 0.6 is 0 Å². The van der Waals surface area contributed by atoms with Crippen molar-refractivity contribution < 1.29 is 27.1 Å². The predicted octanol–water partition coefficient (Wildman–Crippen LogP) is 2.98. The smallest absolute Gasteiger partial charge is 0.307 e. The van der Waals surface area contributed by atoms with Crippen LogP contribution in [0.4, 0.5) is 4.39 Å². The van der Waals surface area contributed by atoms with E-state index in [4.69, 9.17) is 9.47 Å². The van der Waals surface area contributed by atoms with Gasteiger partial charge in [0, 0.05) is 13.1 Å². The molecule has 0 saturated carbocycles. The second-order valence-corrected chi connectivity index (χ2v) is 7.63. The number of hydrogen-bond donors (Lipinski definition) is 0. The number of sulfonamides is 1. The molecular formula is C19H22FNO5S. The number of benzene rings is 2. The molecule has 27 heavy (non-hydrogen) atoms. The van der Waals surface area contributed by atoms with E-state index >= 15 is 0 Å². The van der Waals surface area contributed by atoms with Crippen LogP contribution in [-0.4, -0.2) is 39.0 Å². The molecule has 2 aromatic rings.